The van der Waals surface area contributed by atoms with E-state index in [4.69, 9.17) is 0 Å². The standard InChI is InChI=1S/C11H12N4/c1-2-6-9(5-1)12-11-13-10-7-3-4-8-15(10)14-11/h1-4,7-9H,5-6H2,(H,12,14). The fraction of sp³-hybridized carbons (Fsp3) is 0.273. The first-order valence-corrected chi connectivity index (χ1v) is 5.15. The van der Waals surface area contributed by atoms with E-state index in [1.54, 1.807) is 4.52 Å². The predicted octanol–water partition coefficient (Wildman–Crippen LogP) is 1.86. The summed E-state index contributed by atoms with van der Waals surface area (Å²) >= 11 is 0. The van der Waals surface area contributed by atoms with Crippen LogP contribution >= 0.6 is 0 Å². The van der Waals surface area contributed by atoms with Crippen molar-refractivity contribution in [3.05, 3.63) is 36.5 Å². The third kappa shape index (κ3) is 1.58. The molecule has 0 amide bonds. The van der Waals surface area contributed by atoms with Crippen molar-refractivity contribution in [3.63, 3.8) is 0 Å². The molecule has 15 heavy (non-hydrogen) atoms. The molecule has 4 heteroatoms. The zero-order valence-electron chi connectivity index (χ0n) is 8.30. The lowest BCUT2D eigenvalue weighted by atomic mass is 10.2. The SMILES string of the molecule is C1=CCC(Nc2nc3ccccn3n2)C1. The molecule has 0 fully saturated rings. The van der Waals surface area contributed by atoms with Gasteiger partial charge in [-0.05, 0) is 25.0 Å². The molecular weight excluding hydrogens is 188 g/mol. The van der Waals surface area contributed by atoms with Crippen molar-refractivity contribution < 1.29 is 0 Å². The highest BCUT2D eigenvalue weighted by molar-refractivity contribution is 5.43. The molecule has 0 bridgehead atoms. The van der Waals surface area contributed by atoms with Crippen molar-refractivity contribution >= 4 is 11.6 Å². The summed E-state index contributed by atoms with van der Waals surface area (Å²) in [7, 11) is 0. The van der Waals surface area contributed by atoms with E-state index < -0.39 is 0 Å². The molecule has 0 spiro atoms. The summed E-state index contributed by atoms with van der Waals surface area (Å²) in [4.78, 5) is 4.39. The maximum absolute atomic E-state index is 4.39. The molecule has 0 aromatic carbocycles. The van der Waals surface area contributed by atoms with Gasteiger partial charge in [-0.15, -0.1) is 5.10 Å². The van der Waals surface area contributed by atoms with E-state index in [1.807, 2.05) is 24.4 Å². The Hall–Kier alpha value is -1.84. The van der Waals surface area contributed by atoms with Crippen molar-refractivity contribution in [1.29, 1.82) is 0 Å². The quantitative estimate of drug-likeness (QED) is 0.752. The lowest BCUT2D eigenvalue weighted by molar-refractivity contribution is 0.771. The zero-order chi connectivity index (χ0) is 10.1. The van der Waals surface area contributed by atoms with Crippen LogP contribution in [0.15, 0.2) is 36.5 Å². The Labute approximate surface area is 87.6 Å². The van der Waals surface area contributed by atoms with Gasteiger partial charge >= 0.3 is 0 Å². The molecule has 1 aliphatic rings. The van der Waals surface area contributed by atoms with Crippen LogP contribution in [0, 0.1) is 0 Å². The summed E-state index contributed by atoms with van der Waals surface area (Å²) in [6, 6.07) is 6.32. The molecule has 2 aromatic rings. The number of rotatable bonds is 2. The van der Waals surface area contributed by atoms with Crippen LogP contribution in [0.2, 0.25) is 0 Å². The second-order valence-corrected chi connectivity index (χ2v) is 3.72. The Morgan fingerprint density at radius 2 is 2.13 bits per heavy atom. The van der Waals surface area contributed by atoms with Crippen molar-refractivity contribution in [2.45, 2.75) is 18.9 Å². The molecule has 76 valence electrons. The maximum Gasteiger partial charge on any atom is 0.243 e. The Morgan fingerprint density at radius 1 is 1.27 bits per heavy atom. The fourth-order valence-corrected chi connectivity index (χ4v) is 1.81. The molecule has 0 saturated carbocycles. The number of hydrogen-bond donors (Lipinski definition) is 1. The summed E-state index contributed by atoms with van der Waals surface area (Å²) in [6.07, 6.45) is 8.41. The number of aromatic nitrogens is 3. The lowest BCUT2D eigenvalue weighted by Gasteiger charge is -2.08. The van der Waals surface area contributed by atoms with Gasteiger partial charge in [-0.2, -0.15) is 4.98 Å². The smallest absolute Gasteiger partial charge is 0.243 e. The second-order valence-electron chi connectivity index (χ2n) is 3.72. The van der Waals surface area contributed by atoms with Gasteiger partial charge in [-0.1, -0.05) is 18.2 Å². The molecule has 3 rings (SSSR count). The normalized spacial score (nSPS) is 16.3. The van der Waals surface area contributed by atoms with Crippen LogP contribution in [0.4, 0.5) is 5.95 Å². The van der Waals surface area contributed by atoms with Crippen LogP contribution in [0.5, 0.6) is 0 Å². The minimum absolute atomic E-state index is 0.461. The summed E-state index contributed by atoms with van der Waals surface area (Å²) in [6.45, 7) is 0. The van der Waals surface area contributed by atoms with Gasteiger partial charge in [0.15, 0.2) is 5.65 Å². The molecule has 2 aromatic heterocycles. The molecule has 0 aliphatic heterocycles. The monoisotopic (exact) mass is 200 g/mol. The van der Waals surface area contributed by atoms with Crippen molar-refractivity contribution in [1.82, 2.24) is 14.6 Å². The Bertz CT molecular complexity index is 459. The second kappa shape index (κ2) is 3.38. The highest BCUT2D eigenvalue weighted by Crippen LogP contribution is 2.14. The van der Waals surface area contributed by atoms with Gasteiger partial charge in [0.25, 0.3) is 0 Å². The van der Waals surface area contributed by atoms with Gasteiger partial charge in [-0.25, -0.2) is 4.52 Å². The molecular formula is C11H12N4. The summed E-state index contributed by atoms with van der Waals surface area (Å²) in [5.74, 6) is 0.718. The largest absolute Gasteiger partial charge is 0.350 e. The first-order valence-electron chi connectivity index (χ1n) is 5.15. The number of fused-ring (bicyclic) bond motifs is 1. The van der Waals surface area contributed by atoms with E-state index in [1.165, 1.54) is 0 Å². The van der Waals surface area contributed by atoms with Crippen molar-refractivity contribution in [3.8, 4) is 0 Å². The topological polar surface area (TPSA) is 42.2 Å². The van der Waals surface area contributed by atoms with E-state index in [0.717, 1.165) is 24.4 Å². The molecule has 0 radical (unpaired) electrons. The van der Waals surface area contributed by atoms with Gasteiger partial charge in [0.1, 0.15) is 0 Å². The van der Waals surface area contributed by atoms with E-state index in [0.29, 0.717) is 6.04 Å². The third-order valence-electron chi connectivity index (χ3n) is 2.58. The van der Waals surface area contributed by atoms with E-state index in [-0.39, 0.29) is 0 Å². The molecule has 2 heterocycles. The van der Waals surface area contributed by atoms with Crippen LogP contribution in [0.1, 0.15) is 12.8 Å². The zero-order valence-corrected chi connectivity index (χ0v) is 8.30. The summed E-state index contributed by atoms with van der Waals surface area (Å²) in [5, 5.41) is 7.67. The van der Waals surface area contributed by atoms with Crippen LogP contribution in [0.3, 0.4) is 0 Å². The Morgan fingerprint density at radius 3 is 2.93 bits per heavy atom. The van der Waals surface area contributed by atoms with Crippen molar-refractivity contribution in [2.24, 2.45) is 0 Å². The van der Waals surface area contributed by atoms with E-state index in [9.17, 15) is 0 Å². The van der Waals surface area contributed by atoms with Crippen LogP contribution in [0.25, 0.3) is 5.65 Å². The molecule has 4 nitrogen and oxygen atoms in total. The molecule has 1 aliphatic carbocycles. The van der Waals surface area contributed by atoms with Gasteiger partial charge in [-0.3, -0.25) is 0 Å². The number of nitrogens with zero attached hydrogens (tertiary/aromatic N) is 3. The highest BCUT2D eigenvalue weighted by atomic mass is 15.3. The van der Waals surface area contributed by atoms with Crippen LogP contribution in [-0.4, -0.2) is 20.6 Å². The Kier molecular flexibility index (Phi) is 1.91. The molecule has 0 unspecified atom stereocenters. The average molecular weight is 200 g/mol. The van der Waals surface area contributed by atoms with E-state index >= 15 is 0 Å². The summed E-state index contributed by atoms with van der Waals surface area (Å²) < 4.78 is 1.78. The predicted molar refractivity (Wildman–Crippen MR) is 58.8 cm³/mol. The molecule has 1 N–H and O–H groups in total. The average Bonchev–Trinajstić information content (AvgIpc) is 2.86. The summed E-state index contributed by atoms with van der Waals surface area (Å²) in [5.41, 5.74) is 0.881. The van der Waals surface area contributed by atoms with Crippen LogP contribution in [-0.2, 0) is 0 Å². The maximum atomic E-state index is 4.39. The first kappa shape index (κ1) is 8.47. The van der Waals surface area contributed by atoms with E-state index in [2.05, 4.69) is 27.6 Å². The molecule has 0 saturated heterocycles. The fourth-order valence-electron chi connectivity index (χ4n) is 1.81. The number of hydrogen-bond acceptors (Lipinski definition) is 3. The van der Waals surface area contributed by atoms with Crippen LogP contribution < -0.4 is 5.32 Å². The minimum Gasteiger partial charge on any atom is -0.350 e. The first-order chi connectivity index (χ1) is 7.42. The Balaban J connectivity index is 1.85. The number of nitrogens with one attached hydrogen (secondary N) is 1. The lowest BCUT2D eigenvalue weighted by Crippen LogP contribution is -2.15. The molecule has 0 atom stereocenters. The van der Waals surface area contributed by atoms with Gasteiger partial charge in [0, 0.05) is 12.2 Å². The van der Waals surface area contributed by atoms with Gasteiger partial charge in [0.05, 0.1) is 0 Å². The third-order valence-corrected chi connectivity index (χ3v) is 2.58. The highest BCUT2D eigenvalue weighted by Gasteiger charge is 2.12. The number of anilines is 1. The van der Waals surface area contributed by atoms with Gasteiger partial charge in [0.2, 0.25) is 5.95 Å². The van der Waals surface area contributed by atoms with Crippen molar-refractivity contribution in [2.75, 3.05) is 5.32 Å². The van der Waals surface area contributed by atoms with Gasteiger partial charge < -0.3 is 5.32 Å². The minimum atomic E-state index is 0.461. The number of pyridine rings is 1.